The summed E-state index contributed by atoms with van der Waals surface area (Å²) in [7, 11) is 1.87. The Morgan fingerprint density at radius 3 is 2.57 bits per heavy atom. The van der Waals surface area contributed by atoms with Crippen LogP contribution in [0.25, 0.3) is 0 Å². The van der Waals surface area contributed by atoms with E-state index < -0.39 is 0 Å². The molecule has 0 aliphatic carbocycles. The second kappa shape index (κ2) is 7.23. The SMILES string of the molecule is Cn1cccc1C(=O)NCCN1CCN(c2ncccn2)CC1. The van der Waals surface area contributed by atoms with Crippen molar-refractivity contribution in [3.05, 3.63) is 42.5 Å². The highest BCUT2D eigenvalue weighted by Gasteiger charge is 2.18. The number of carbonyl (C=O) groups is 1. The van der Waals surface area contributed by atoms with Crippen molar-refractivity contribution in [2.24, 2.45) is 7.05 Å². The molecule has 0 spiro atoms. The number of anilines is 1. The van der Waals surface area contributed by atoms with Crippen molar-refractivity contribution >= 4 is 11.9 Å². The second-order valence-electron chi connectivity index (χ2n) is 5.64. The topological polar surface area (TPSA) is 66.3 Å². The molecule has 0 atom stereocenters. The van der Waals surface area contributed by atoms with Crippen molar-refractivity contribution in [1.82, 2.24) is 24.8 Å². The normalized spacial score (nSPS) is 15.6. The van der Waals surface area contributed by atoms with Crippen LogP contribution in [0.15, 0.2) is 36.8 Å². The second-order valence-corrected chi connectivity index (χ2v) is 5.64. The highest BCUT2D eigenvalue weighted by atomic mass is 16.1. The van der Waals surface area contributed by atoms with Gasteiger partial charge >= 0.3 is 0 Å². The van der Waals surface area contributed by atoms with E-state index in [2.05, 4.69) is 25.1 Å². The van der Waals surface area contributed by atoms with Crippen molar-refractivity contribution in [1.29, 1.82) is 0 Å². The minimum atomic E-state index is -0.0196. The number of nitrogens with one attached hydrogen (secondary N) is 1. The van der Waals surface area contributed by atoms with Crippen LogP contribution in [0.3, 0.4) is 0 Å². The van der Waals surface area contributed by atoms with E-state index in [4.69, 9.17) is 0 Å². The van der Waals surface area contributed by atoms with Crippen LogP contribution < -0.4 is 10.2 Å². The van der Waals surface area contributed by atoms with Gasteiger partial charge in [0.05, 0.1) is 0 Å². The van der Waals surface area contributed by atoms with Gasteiger partial charge in [0, 0.05) is 64.9 Å². The van der Waals surface area contributed by atoms with E-state index in [-0.39, 0.29) is 5.91 Å². The summed E-state index contributed by atoms with van der Waals surface area (Å²) in [4.78, 5) is 25.1. The third-order valence-electron chi connectivity index (χ3n) is 4.10. The van der Waals surface area contributed by atoms with E-state index in [1.807, 2.05) is 36.0 Å². The predicted octanol–water partition coefficient (Wildman–Crippen LogP) is 0.367. The molecular formula is C16H22N6O. The Morgan fingerprint density at radius 1 is 1.17 bits per heavy atom. The van der Waals surface area contributed by atoms with E-state index in [0.717, 1.165) is 38.7 Å². The molecule has 1 amide bonds. The Morgan fingerprint density at radius 2 is 1.91 bits per heavy atom. The number of aryl methyl sites for hydroxylation is 1. The van der Waals surface area contributed by atoms with Crippen molar-refractivity contribution in [2.45, 2.75) is 0 Å². The van der Waals surface area contributed by atoms with Gasteiger partial charge in [-0.15, -0.1) is 0 Å². The average Bonchev–Trinajstić information content (AvgIpc) is 3.02. The Labute approximate surface area is 135 Å². The van der Waals surface area contributed by atoms with Crippen LogP contribution in [0.5, 0.6) is 0 Å². The first-order valence-corrected chi connectivity index (χ1v) is 7.88. The van der Waals surface area contributed by atoms with Gasteiger partial charge in [-0.1, -0.05) is 0 Å². The number of hydrogen-bond acceptors (Lipinski definition) is 5. The molecule has 0 saturated carbocycles. The lowest BCUT2D eigenvalue weighted by molar-refractivity contribution is 0.0939. The molecule has 3 heterocycles. The van der Waals surface area contributed by atoms with Crippen LogP contribution >= 0.6 is 0 Å². The zero-order valence-electron chi connectivity index (χ0n) is 13.4. The summed E-state index contributed by atoms with van der Waals surface area (Å²) < 4.78 is 1.83. The molecule has 3 rings (SSSR count). The zero-order valence-corrected chi connectivity index (χ0v) is 13.4. The first-order chi connectivity index (χ1) is 11.2. The molecule has 23 heavy (non-hydrogen) atoms. The van der Waals surface area contributed by atoms with Crippen LogP contribution in [-0.2, 0) is 7.05 Å². The molecule has 122 valence electrons. The summed E-state index contributed by atoms with van der Waals surface area (Å²) in [5, 5.41) is 2.98. The molecule has 1 fully saturated rings. The van der Waals surface area contributed by atoms with Crippen molar-refractivity contribution in [3.8, 4) is 0 Å². The third-order valence-corrected chi connectivity index (χ3v) is 4.10. The molecule has 1 aliphatic heterocycles. The van der Waals surface area contributed by atoms with Gasteiger partial charge in [0.15, 0.2) is 0 Å². The number of nitrogens with zero attached hydrogens (tertiary/aromatic N) is 5. The average molecular weight is 314 g/mol. The Kier molecular flexibility index (Phi) is 4.87. The van der Waals surface area contributed by atoms with E-state index in [0.29, 0.717) is 12.2 Å². The molecule has 0 radical (unpaired) electrons. The number of carbonyl (C=O) groups excluding carboxylic acids is 1. The Bertz CT molecular complexity index is 633. The van der Waals surface area contributed by atoms with E-state index in [9.17, 15) is 4.79 Å². The van der Waals surface area contributed by atoms with Crippen LogP contribution in [0.2, 0.25) is 0 Å². The maximum atomic E-state index is 12.0. The molecule has 1 N–H and O–H groups in total. The fourth-order valence-electron chi connectivity index (χ4n) is 2.74. The van der Waals surface area contributed by atoms with Gasteiger partial charge in [-0.3, -0.25) is 9.69 Å². The molecule has 1 aliphatic rings. The quantitative estimate of drug-likeness (QED) is 0.863. The fourth-order valence-corrected chi connectivity index (χ4v) is 2.74. The fraction of sp³-hybridized carbons (Fsp3) is 0.438. The molecule has 7 nitrogen and oxygen atoms in total. The smallest absolute Gasteiger partial charge is 0.267 e. The van der Waals surface area contributed by atoms with Gasteiger partial charge in [0.1, 0.15) is 5.69 Å². The molecule has 7 heteroatoms. The Balaban J connectivity index is 1.40. The van der Waals surface area contributed by atoms with Crippen LogP contribution in [-0.4, -0.2) is 64.6 Å². The van der Waals surface area contributed by atoms with Gasteiger partial charge in [0.25, 0.3) is 5.91 Å². The first-order valence-electron chi connectivity index (χ1n) is 7.88. The number of piperazine rings is 1. The highest BCUT2D eigenvalue weighted by Crippen LogP contribution is 2.09. The maximum Gasteiger partial charge on any atom is 0.267 e. The lowest BCUT2D eigenvalue weighted by Gasteiger charge is -2.34. The van der Waals surface area contributed by atoms with Crippen molar-refractivity contribution in [2.75, 3.05) is 44.2 Å². The Hall–Kier alpha value is -2.41. The number of amides is 1. The van der Waals surface area contributed by atoms with E-state index in [1.165, 1.54) is 0 Å². The van der Waals surface area contributed by atoms with Gasteiger partial charge in [-0.25, -0.2) is 9.97 Å². The van der Waals surface area contributed by atoms with E-state index >= 15 is 0 Å². The summed E-state index contributed by atoms with van der Waals surface area (Å²) in [6, 6.07) is 5.53. The number of rotatable bonds is 5. The van der Waals surface area contributed by atoms with Crippen LogP contribution in [0.4, 0.5) is 5.95 Å². The molecule has 1 saturated heterocycles. The zero-order chi connectivity index (χ0) is 16.1. The maximum absolute atomic E-state index is 12.0. The highest BCUT2D eigenvalue weighted by molar-refractivity contribution is 5.92. The molecule has 2 aromatic heterocycles. The number of hydrogen-bond donors (Lipinski definition) is 1. The largest absolute Gasteiger partial charge is 0.349 e. The lowest BCUT2D eigenvalue weighted by atomic mass is 10.3. The van der Waals surface area contributed by atoms with Crippen molar-refractivity contribution < 1.29 is 4.79 Å². The third kappa shape index (κ3) is 3.87. The minimum Gasteiger partial charge on any atom is -0.349 e. The first kappa shape index (κ1) is 15.5. The predicted molar refractivity (Wildman–Crippen MR) is 88.4 cm³/mol. The lowest BCUT2D eigenvalue weighted by Crippen LogP contribution is -2.49. The standard InChI is InChI=1S/C16H22N6O/c1-20-8-2-4-14(20)15(23)17-7-9-21-10-12-22(13-11-21)16-18-5-3-6-19-16/h2-6,8H,7,9-13H2,1H3,(H,17,23). The summed E-state index contributed by atoms with van der Waals surface area (Å²) in [5.41, 5.74) is 0.691. The van der Waals surface area contributed by atoms with Gasteiger partial charge < -0.3 is 14.8 Å². The van der Waals surface area contributed by atoms with E-state index in [1.54, 1.807) is 12.4 Å². The minimum absolute atomic E-state index is 0.0196. The van der Waals surface area contributed by atoms with Crippen LogP contribution in [0, 0.1) is 0 Å². The summed E-state index contributed by atoms with van der Waals surface area (Å²) in [6.07, 6.45) is 5.42. The molecular weight excluding hydrogens is 292 g/mol. The van der Waals surface area contributed by atoms with Gasteiger partial charge in [-0.2, -0.15) is 0 Å². The van der Waals surface area contributed by atoms with Gasteiger partial charge in [0.2, 0.25) is 5.95 Å². The summed E-state index contributed by atoms with van der Waals surface area (Å²) in [6.45, 7) is 5.26. The molecule has 0 unspecified atom stereocenters. The molecule has 2 aromatic rings. The monoisotopic (exact) mass is 314 g/mol. The summed E-state index contributed by atoms with van der Waals surface area (Å²) >= 11 is 0. The number of aromatic nitrogens is 3. The summed E-state index contributed by atoms with van der Waals surface area (Å²) in [5.74, 6) is 0.776. The van der Waals surface area contributed by atoms with Gasteiger partial charge in [-0.05, 0) is 18.2 Å². The van der Waals surface area contributed by atoms with Crippen LogP contribution in [0.1, 0.15) is 10.5 Å². The van der Waals surface area contributed by atoms with Crippen molar-refractivity contribution in [3.63, 3.8) is 0 Å². The molecule has 0 aromatic carbocycles. The molecule has 0 bridgehead atoms.